The van der Waals surface area contributed by atoms with Crippen molar-refractivity contribution in [2.24, 2.45) is 5.11 Å². The highest BCUT2D eigenvalue weighted by Gasteiger charge is 2.46. The van der Waals surface area contributed by atoms with Gasteiger partial charge in [0.15, 0.2) is 0 Å². The molecule has 0 spiro atoms. The summed E-state index contributed by atoms with van der Waals surface area (Å²) in [4.78, 5) is 35.7. The van der Waals surface area contributed by atoms with Crippen molar-refractivity contribution in [1.29, 1.82) is 0 Å². The number of aromatic amines is 1. The second-order valence-corrected chi connectivity index (χ2v) is 8.84. The fraction of sp³-hybridized carbons (Fsp3) is 0.320. The third-order valence-electron chi connectivity index (χ3n) is 6.33. The normalized spacial score (nSPS) is 17.7. The van der Waals surface area contributed by atoms with E-state index in [9.17, 15) is 22.8 Å². The summed E-state index contributed by atoms with van der Waals surface area (Å²) in [6.07, 6.45) is 2.15. The van der Waals surface area contributed by atoms with Crippen LogP contribution in [0, 0.1) is 5.82 Å². The number of nitrogens with one attached hydrogen (secondary N) is 2. The first-order valence-corrected chi connectivity index (χ1v) is 11.7. The number of benzene rings is 1. The molecule has 10 nitrogen and oxygen atoms in total. The predicted molar refractivity (Wildman–Crippen MR) is 133 cm³/mol. The molecule has 0 aliphatic carbocycles. The molecule has 1 aromatic carbocycles. The van der Waals surface area contributed by atoms with Crippen LogP contribution in [0.1, 0.15) is 30.4 Å². The average molecular weight is 528 g/mol. The Labute approximate surface area is 215 Å². The number of likely N-dealkylation sites (tertiary alicyclic amines) is 1. The van der Waals surface area contributed by atoms with E-state index in [-0.39, 0.29) is 42.4 Å². The molecule has 38 heavy (non-hydrogen) atoms. The predicted octanol–water partition coefficient (Wildman–Crippen LogP) is 4.96. The number of halogens is 3. The number of carbonyl (C=O) groups is 1. The Kier molecular flexibility index (Phi) is 7.99. The Morgan fingerprint density at radius 3 is 2.74 bits per heavy atom. The molecule has 3 aromatic rings. The van der Waals surface area contributed by atoms with Crippen molar-refractivity contribution < 1.29 is 22.7 Å². The van der Waals surface area contributed by atoms with Gasteiger partial charge < -0.3 is 15.0 Å². The number of piperidine rings is 1. The number of amides is 1. The molecule has 0 radical (unpaired) electrons. The van der Waals surface area contributed by atoms with Crippen LogP contribution in [-0.2, 0) is 11.3 Å². The number of aromatic nitrogens is 2. The van der Waals surface area contributed by atoms with Crippen molar-refractivity contribution in [2.75, 3.05) is 18.4 Å². The molecule has 2 N–H and O–H groups in total. The summed E-state index contributed by atoms with van der Waals surface area (Å²) >= 11 is 0. The van der Waals surface area contributed by atoms with Gasteiger partial charge in [0.2, 0.25) is 5.91 Å². The Morgan fingerprint density at radius 1 is 1.32 bits per heavy atom. The third kappa shape index (κ3) is 6.31. The van der Waals surface area contributed by atoms with Crippen LogP contribution in [0.4, 0.5) is 19.0 Å². The summed E-state index contributed by atoms with van der Waals surface area (Å²) in [6.45, 7) is 1.21. The molecular weight excluding hydrogens is 503 g/mol. The van der Waals surface area contributed by atoms with E-state index < -0.39 is 35.8 Å². The number of hydrogen-bond donors (Lipinski definition) is 2. The SMILES string of the molecule is CC(C(=O)Nc1ccc(Oc2ccc(F)cc2)cn1)N1CCC(F)(F)C(c2c[nH]c(=O)c(CN=[N+]=[N-])c2)C1. The monoisotopic (exact) mass is 527 g/mol. The van der Waals surface area contributed by atoms with Gasteiger partial charge in [-0.05, 0) is 60.5 Å². The zero-order valence-electron chi connectivity index (χ0n) is 20.3. The van der Waals surface area contributed by atoms with Crippen molar-refractivity contribution in [3.63, 3.8) is 0 Å². The minimum absolute atomic E-state index is 0.00903. The van der Waals surface area contributed by atoms with Gasteiger partial charge in [-0.3, -0.25) is 14.5 Å². The van der Waals surface area contributed by atoms with Crippen LogP contribution in [0.25, 0.3) is 10.4 Å². The summed E-state index contributed by atoms with van der Waals surface area (Å²) in [6, 6.07) is 9.14. The molecular formula is C25H24F3N7O3. The lowest BCUT2D eigenvalue weighted by molar-refractivity contribution is -0.125. The van der Waals surface area contributed by atoms with Crippen LogP contribution in [0.5, 0.6) is 11.5 Å². The lowest BCUT2D eigenvalue weighted by atomic mass is 9.86. The van der Waals surface area contributed by atoms with Gasteiger partial charge in [-0.25, -0.2) is 18.2 Å². The number of rotatable bonds is 8. The molecule has 2 atom stereocenters. The van der Waals surface area contributed by atoms with Gasteiger partial charge in [-0.1, -0.05) is 5.11 Å². The van der Waals surface area contributed by atoms with Crippen LogP contribution < -0.4 is 15.6 Å². The van der Waals surface area contributed by atoms with Crippen molar-refractivity contribution >= 4 is 11.7 Å². The first kappa shape index (κ1) is 26.7. The molecule has 1 amide bonds. The highest BCUT2D eigenvalue weighted by molar-refractivity contribution is 5.93. The zero-order chi connectivity index (χ0) is 27.3. The average Bonchev–Trinajstić information content (AvgIpc) is 2.90. The second-order valence-electron chi connectivity index (χ2n) is 8.84. The van der Waals surface area contributed by atoms with Crippen molar-refractivity contribution in [2.45, 2.75) is 37.8 Å². The van der Waals surface area contributed by atoms with Crippen molar-refractivity contribution in [1.82, 2.24) is 14.9 Å². The lowest BCUT2D eigenvalue weighted by Gasteiger charge is -2.40. The van der Waals surface area contributed by atoms with Crippen LogP contribution in [-0.4, -0.2) is 45.8 Å². The number of anilines is 1. The molecule has 2 unspecified atom stereocenters. The molecule has 1 saturated heterocycles. The van der Waals surface area contributed by atoms with Gasteiger partial charge in [-0.2, -0.15) is 0 Å². The van der Waals surface area contributed by atoms with E-state index in [0.717, 1.165) is 0 Å². The highest BCUT2D eigenvalue weighted by atomic mass is 19.3. The topological polar surface area (TPSA) is 136 Å². The van der Waals surface area contributed by atoms with Crippen LogP contribution in [0.3, 0.4) is 0 Å². The molecule has 1 fully saturated rings. The van der Waals surface area contributed by atoms with E-state index in [1.165, 1.54) is 48.8 Å². The maximum Gasteiger partial charge on any atom is 0.257 e. The highest BCUT2D eigenvalue weighted by Crippen LogP contribution is 2.40. The van der Waals surface area contributed by atoms with Gasteiger partial charge in [0.05, 0.1) is 24.7 Å². The number of azide groups is 1. The fourth-order valence-electron chi connectivity index (χ4n) is 4.15. The quantitative estimate of drug-likeness (QED) is 0.242. The number of ether oxygens (including phenoxy) is 1. The number of alkyl halides is 2. The number of pyridine rings is 2. The molecule has 1 aliphatic rings. The van der Waals surface area contributed by atoms with E-state index in [4.69, 9.17) is 10.3 Å². The second kappa shape index (κ2) is 11.4. The van der Waals surface area contributed by atoms with E-state index in [2.05, 4.69) is 25.3 Å². The smallest absolute Gasteiger partial charge is 0.257 e. The molecule has 2 aromatic heterocycles. The Bertz CT molecular complexity index is 1390. The lowest BCUT2D eigenvalue weighted by Crippen LogP contribution is -2.52. The number of carbonyl (C=O) groups excluding carboxylic acids is 1. The van der Waals surface area contributed by atoms with E-state index >= 15 is 0 Å². The number of H-pyrrole nitrogens is 1. The summed E-state index contributed by atoms with van der Waals surface area (Å²) < 4.78 is 48.4. The molecule has 4 rings (SSSR count). The maximum atomic E-state index is 14.9. The van der Waals surface area contributed by atoms with Gasteiger partial charge in [0.25, 0.3) is 11.5 Å². The van der Waals surface area contributed by atoms with Crippen molar-refractivity contribution in [3.05, 3.63) is 92.6 Å². The van der Waals surface area contributed by atoms with Gasteiger partial charge in [0, 0.05) is 36.2 Å². The van der Waals surface area contributed by atoms with Crippen LogP contribution >= 0.6 is 0 Å². The minimum Gasteiger partial charge on any atom is -0.456 e. The fourth-order valence-corrected chi connectivity index (χ4v) is 4.15. The van der Waals surface area contributed by atoms with Crippen molar-refractivity contribution in [3.8, 4) is 11.5 Å². The summed E-state index contributed by atoms with van der Waals surface area (Å²) in [5, 5.41) is 6.02. The molecule has 1 aliphatic heterocycles. The molecule has 3 heterocycles. The molecule has 13 heteroatoms. The standard InChI is InChI=1S/C25H24F3N7O3/c1-15(23(36)33-22-7-6-20(13-30-22)38-19-4-2-18(26)3-5-19)35-9-8-25(27,28)21(14-35)16-10-17(12-32-34-29)24(37)31-11-16/h2-7,10-11,13,15,21H,8-9,12,14H2,1H3,(H,31,37)(H,30,33,36). The first-order chi connectivity index (χ1) is 18.2. The van der Waals surface area contributed by atoms with Gasteiger partial charge in [0.1, 0.15) is 23.1 Å². The maximum absolute atomic E-state index is 14.9. The molecule has 198 valence electrons. The number of hydrogen-bond acceptors (Lipinski definition) is 6. The Hall–Kier alpha value is -4.35. The van der Waals surface area contributed by atoms with E-state index in [0.29, 0.717) is 11.5 Å². The largest absolute Gasteiger partial charge is 0.456 e. The number of nitrogens with zero attached hydrogens (tertiary/aromatic N) is 5. The zero-order valence-corrected chi connectivity index (χ0v) is 20.3. The summed E-state index contributed by atoms with van der Waals surface area (Å²) in [5.74, 6) is -4.13. The third-order valence-corrected chi connectivity index (χ3v) is 6.33. The molecule has 0 saturated carbocycles. The van der Waals surface area contributed by atoms with Crippen LogP contribution in [0.15, 0.2) is 64.8 Å². The van der Waals surface area contributed by atoms with Gasteiger partial charge >= 0.3 is 0 Å². The molecule has 0 bridgehead atoms. The van der Waals surface area contributed by atoms with Gasteiger partial charge in [-0.15, -0.1) is 0 Å². The van der Waals surface area contributed by atoms with E-state index in [1.54, 1.807) is 17.9 Å². The van der Waals surface area contributed by atoms with E-state index in [1.807, 2.05) is 0 Å². The Morgan fingerprint density at radius 2 is 2.05 bits per heavy atom. The van der Waals surface area contributed by atoms with Crippen LogP contribution in [0.2, 0.25) is 0 Å². The Balaban J connectivity index is 1.42. The summed E-state index contributed by atoms with van der Waals surface area (Å²) in [5.41, 5.74) is 8.26. The minimum atomic E-state index is -3.07. The summed E-state index contributed by atoms with van der Waals surface area (Å²) in [7, 11) is 0. The first-order valence-electron chi connectivity index (χ1n) is 11.7.